The highest BCUT2D eigenvalue weighted by atomic mass is 31.2. The van der Waals surface area contributed by atoms with Gasteiger partial charge in [-0.05, 0) is 31.6 Å². The van der Waals surface area contributed by atoms with Crippen molar-refractivity contribution in [1.29, 1.82) is 0 Å². The summed E-state index contributed by atoms with van der Waals surface area (Å²) >= 11 is 0. The van der Waals surface area contributed by atoms with Crippen LogP contribution >= 0.6 is 15.6 Å². The van der Waals surface area contributed by atoms with Gasteiger partial charge in [0, 0.05) is 25.7 Å². The van der Waals surface area contributed by atoms with Crippen LogP contribution in [0.1, 0.15) is 324 Å². The van der Waals surface area contributed by atoms with Gasteiger partial charge in [0.25, 0.3) is 0 Å². The molecule has 2 unspecified atom stereocenters. The van der Waals surface area contributed by atoms with Crippen LogP contribution in [0, 0.1) is 5.92 Å². The molecular weight excluding hydrogens is 1100 g/mol. The van der Waals surface area contributed by atoms with E-state index in [9.17, 15) is 43.2 Å². The Hall–Kier alpha value is -1.94. The van der Waals surface area contributed by atoms with Gasteiger partial charge in [-0.2, -0.15) is 0 Å². The highest BCUT2D eigenvalue weighted by Crippen LogP contribution is 2.45. The summed E-state index contributed by atoms with van der Waals surface area (Å²) in [4.78, 5) is 71.8. The maximum atomic E-state index is 13.0. The molecule has 0 aromatic carbocycles. The first-order valence-corrected chi connectivity index (χ1v) is 36.6. The van der Waals surface area contributed by atoms with Crippen molar-refractivity contribution in [2.75, 3.05) is 39.6 Å². The molecule has 0 amide bonds. The van der Waals surface area contributed by atoms with Crippen LogP contribution in [-0.2, 0) is 65.4 Å². The number of aliphatic hydroxyl groups is 1. The van der Waals surface area contributed by atoms with Crippen LogP contribution in [0.5, 0.6) is 0 Å². The molecule has 0 spiro atoms. The molecule has 0 saturated carbocycles. The van der Waals surface area contributed by atoms with Gasteiger partial charge in [-0.25, -0.2) is 9.13 Å². The van der Waals surface area contributed by atoms with E-state index in [4.69, 9.17) is 37.0 Å². The molecule has 0 saturated heterocycles. The summed E-state index contributed by atoms with van der Waals surface area (Å²) in [6.45, 7) is 7.09. The Bertz CT molecular complexity index is 1620. The monoisotopic (exact) mass is 1230 g/mol. The summed E-state index contributed by atoms with van der Waals surface area (Å²) in [5, 5.41) is 10.5. The Balaban J connectivity index is 5.12. The molecular formula is C64H124O17P2. The minimum absolute atomic E-state index is 0.103. The Labute approximate surface area is 505 Å². The van der Waals surface area contributed by atoms with Crippen molar-refractivity contribution in [2.24, 2.45) is 5.92 Å². The van der Waals surface area contributed by atoms with E-state index in [-0.39, 0.29) is 25.7 Å². The normalized spacial score (nSPS) is 14.2. The van der Waals surface area contributed by atoms with Crippen molar-refractivity contribution in [2.45, 2.75) is 342 Å². The van der Waals surface area contributed by atoms with E-state index in [2.05, 4.69) is 34.6 Å². The number of phosphoric ester groups is 2. The predicted octanol–water partition coefficient (Wildman–Crippen LogP) is 17.8. The van der Waals surface area contributed by atoms with Crippen molar-refractivity contribution >= 4 is 39.5 Å². The fourth-order valence-corrected chi connectivity index (χ4v) is 11.2. The molecule has 0 rings (SSSR count). The highest BCUT2D eigenvalue weighted by Gasteiger charge is 2.30. The van der Waals surface area contributed by atoms with Gasteiger partial charge in [0.2, 0.25) is 0 Å². The van der Waals surface area contributed by atoms with Gasteiger partial charge >= 0.3 is 39.5 Å². The summed E-state index contributed by atoms with van der Waals surface area (Å²) in [5.41, 5.74) is 0. The predicted molar refractivity (Wildman–Crippen MR) is 331 cm³/mol. The molecule has 0 heterocycles. The average molecular weight is 1230 g/mol. The quantitative estimate of drug-likeness (QED) is 0.0222. The molecule has 19 heteroatoms. The number of carbonyl (C=O) groups excluding carboxylic acids is 4. The maximum Gasteiger partial charge on any atom is 0.472 e. The van der Waals surface area contributed by atoms with Crippen LogP contribution in [0.25, 0.3) is 0 Å². The Morgan fingerprint density at radius 1 is 0.325 bits per heavy atom. The lowest BCUT2D eigenvalue weighted by Gasteiger charge is -2.21. The van der Waals surface area contributed by atoms with E-state index in [1.165, 1.54) is 128 Å². The summed E-state index contributed by atoms with van der Waals surface area (Å²) in [6.07, 6.45) is 42.2. The lowest BCUT2D eigenvalue weighted by atomic mass is 10.0. The first kappa shape index (κ1) is 81.1. The lowest BCUT2D eigenvalue weighted by molar-refractivity contribution is -0.161. The zero-order chi connectivity index (χ0) is 61.3. The van der Waals surface area contributed by atoms with Crippen molar-refractivity contribution in [3.05, 3.63) is 0 Å². The van der Waals surface area contributed by atoms with Gasteiger partial charge in [-0.3, -0.25) is 37.3 Å². The zero-order valence-corrected chi connectivity index (χ0v) is 55.1. The molecule has 0 aliphatic heterocycles. The van der Waals surface area contributed by atoms with Gasteiger partial charge in [-0.1, -0.05) is 272 Å². The van der Waals surface area contributed by atoms with E-state index in [1.54, 1.807) is 0 Å². The van der Waals surface area contributed by atoms with E-state index in [0.717, 1.165) is 115 Å². The second-order valence-corrected chi connectivity index (χ2v) is 26.5. The number of esters is 4. The second-order valence-electron chi connectivity index (χ2n) is 23.6. The van der Waals surface area contributed by atoms with Gasteiger partial charge in [-0.15, -0.1) is 0 Å². The number of phosphoric acid groups is 2. The SMILES string of the molecule is CCCCCCCCCCCCCCCC(=O)OC[C@H](COP(=O)(O)OC[C@@H](O)COP(=O)(O)OC[C@@H](COC(=O)CCCCCCC)OC(=O)CCCCCCCCC)OC(=O)CCCCCCCCCCCCCCCCCC(C)C. The van der Waals surface area contributed by atoms with E-state index < -0.39 is 97.5 Å². The number of rotatable bonds is 64. The van der Waals surface area contributed by atoms with Crippen molar-refractivity contribution in [3.8, 4) is 0 Å². The van der Waals surface area contributed by atoms with Crippen LogP contribution in [0.15, 0.2) is 0 Å². The molecule has 83 heavy (non-hydrogen) atoms. The Kier molecular flexibility index (Phi) is 56.4. The topological polar surface area (TPSA) is 237 Å². The van der Waals surface area contributed by atoms with Crippen LogP contribution in [0.2, 0.25) is 0 Å². The molecule has 17 nitrogen and oxygen atoms in total. The minimum atomic E-state index is -4.94. The summed E-state index contributed by atoms with van der Waals surface area (Å²) in [7, 11) is -9.87. The number of aliphatic hydroxyl groups excluding tert-OH is 1. The Morgan fingerprint density at radius 3 is 0.819 bits per heavy atom. The molecule has 0 aliphatic rings. The summed E-state index contributed by atoms with van der Waals surface area (Å²) < 4.78 is 67.7. The molecule has 0 aromatic heterocycles. The average Bonchev–Trinajstić information content (AvgIpc) is 3.45. The largest absolute Gasteiger partial charge is 0.472 e. The first-order chi connectivity index (χ1) is 40.0. The third kappa shape index (κ3) is 58.8. The number of carbonyl (C=O) groups is 4. The van der Waals surface area contributed by atoms with Crippen molar-refractivity contribution in [3.63, 3.8) is 0 Å². The van der Waals surface area contributed by atoms with E-state index >= 15 is 0 Å². The molecule has 0 aliphatic carbocycles. The fraction of sp³-hybridized carbons (Fsp3) is 0.938. The van der Waals surface area contributed by atoms with Crippen molar-refractivity contribution in [1.82, 2.24) is 0 Å². The Morgan fingerprint density at radius 2 is 0.554 bits per heavy atom. The molecule has 492 valence electrons. The maximum absolute atomic E-state index is 13.0. The van der Waals surface area contributed by atoms with E-state index in [0.29, 0.717) is 25.7 Å². The lowest BCUT2D eigenvalue weighted by Crippen LogP contribution is -2.30. The zero-order valence-electron chi connectivity index (χ0n) is 53.3. The smallest absolute Gasteiger partial charge is 0.462 e. The van der Waals surface area contributed by atoms with Gasteiger partial charge < -0.3 is 33.8 Å². The molecule has 0 radical (unpaired) electrons. The minimum Gasteiger partial charge on any atom is -0.462 e. The molecule has 0 aromatic rings. The second kappa shape index (κ2) is 57.8. The summed E-state index contributed by atoms with van der Waals surface area (Å²) in [6, 6.07) is 0. The molecule has 0 fully saturated rings. The highest BCUT2D eigenvalue weighted by molar-refractivity contribution is 7.47. The van der Waals surface area contributed by atoms with Gasteiger partial charge in [0.15, 0.2) is 12.2 Å². The molecule has 0 bridgehead atoms. The van der Waals surface area contributed by atoms with Gasteiger partial charge in [0.1, 0.15) is 19.3 Å². The van der Waals surface area contributed by atoms with Crippen LogP contribution in [0.3, 0.4) is 0 Å². The van der Waals surface area contributed by atoms with Crippen LogP contribution in [0.4, 0.5) is 0 Å². The fourth-order valence-electron chi connectivity index (χ4n) is 9.58. The van der Waals surface area contributed by atoms with Crippen LogP contribution in [-0.4, -0.2) is 96.7 Å². The van der Waals surface area contributed by atoms with Crippen LogP contribution < -0.4 is 0 Å². The third-order valence-electron chi connectivity index (χ3n) is 14.8. The molecule has 3 N–H and O–H groups in total. The standard InChI is InChI=1S/C64H124O17P2/c1-6-9-12-15-17-18-19-23-27-30-34-38-43-48-62(67)75-54-60(81-64(69)50-45-40-35-31-28-25-22-20-21-24-26-29-33-37-41-46-57(4)5)56-79-83(72,73)77-52-58(65)51-76-82(70,71)78-55-59(53-74-61(66)47-42-36-14-11-8-3)80-63(68)49-44-39-32-16-13-10-7-2/h57-60,65H,6-56H2,1-5H3,(H,70,71)(H,72,73)/t58-,59+,60+/m0/s1. The summed E-state index contributed by atoms with van der Waals surface area (Å²) in [5.74, 6) is -1.34. The number of hydrogen-bond donors (Lipinski definition) is 3. The number of hydrogen-bond acceptors (Lipinski definition) is 15. The van der Waals surface area contributed by atoms with Gasteiger partial charge in [0.05, 0.1) is 26.4 Å². The number of unbranched alkanes of at least 4 members (excludes halogenated alkanes) is 36. The number of ether oxygens (including phenoxy) is 4. The van der Waals surface area contributed by atoms with E-state index in [1.807, 2.05) is 0 Å². The molecule has 5 atom stereocenters. The van der Waals surface area contributed by atoms with Crippen molar-refractivity contribution < 1.29 is 80.2 Å². The first-order valence-electron chi connectivity index (χ1n) is 33.6. The third-order valence-corrected chi connectivity index (χ3v) is 16.7.